The van der Waals surface area contributed by atoms with Crippen molar-refractivity contribution in [2.45, 2.75) is 37.6 Å². The summed E-state index contributed by atoms with van der Waals surface area (Å²) in [5, 5.41) is 2.99. The number of carbonyl (C=O) groups excluding carboxylic acids is 1. The largest absolute Gasteiger partial charge is 0.352 e. The number of nitrogens with zero attached hydrogens (tertiary/aromatic N) is 1. The highest BCUT2D eigenvalue weighted by Crippen LogP contribution is 2.32. The molecular weight excluding hydrogens is 372 g/mol. The van der Waals surface area contributed by atoms with E-state index in [-0.39, 0.29) is 17.7 Å². The SMILES string of the molecule is CCC1CN(S(=O)(=O)c2ccccc2)CCC1CC(=O)NCc1ccccc1. The Morgan fingerprint density at radius 2 is 1.68 bits per heavy atom. The number of benzene rings is 2. The van der Waals surface area contributed by atoms with E-state index in [0.29, 0.717) is 37.4 Å². The molecule has 5 nitrogen and oxygen atoms in total. The molecule has 0 saturated carbocycles. The first-order valence-corrected chi connectivity index (χ1v) is 11.3. The summed E-state index contributed by atoms with van der Waals surface area (Å²) in [4.78, 5) is 12.7. The Hall–Kier alpha value is -2.18. The summed E-state index contributed by atoms with van der Waals surface area (Å²) < 4.78 is 27.3. The van der Waals surface area contributed by atoms with E-state index in [2.05, 4.69) is 12.2 Å². The number of rotatable bonds is 7. The van der Waals surface area contributed by atoms with E-state index in [9.17, 15) is 13.2 Å². The van der Waals surface area contributed by atoms with Crippen LogP contribution in [0, 0.1) is 11.8 Å². The van der Waals surface area contributed by atoms with Crippen molar-refractivity contribution in [3.8, 4) is 0 Å². The van der Waals surface area contributed by atoms with Gasteiger partial charge in [-0.25, -0.2) is 8.42 Å². The summed E-state index contributed by atoms with van der Waals surface area (Å²) in [5.41, 5.74) is 1.08. The molecule has 2 atom stereocenters. The van der Waals surface area contributed by atoms with Crippen molar-refractivity contribution in [1.82, 2.24) is 9.62 Å². The molecule has 0 radical (unpaired) electrons. The third kappa shape index (κ3) is 5.00. The van der Waals surface area contributed by atoms with Gasteiger partial charge < -0.3 is 5.32 Å². The number of amides is 1. The number of hydrogen-bond acceptors (Lipinski definition) is 3. The highest BCUT2D eigenvalue weighted by molar-refractivity contribution is 7.89. The standard InChI is InChI=1S/C22H28N2O3S/c1-2-19-17-24(28(26,27)21-11-7-4-8-12-21)14-13-20(19)15-22(25)23-16-18-9-5-3-6-10-18/h3-12,19-20H,2,13-17H2,1H3,(H,23,25). The molecule has 0 aromatic heterocycles. The van der Waals surface area contributed by atoms with Crippen LogP contribution >= 0.6 is 0 Å². The average Bonchev–Trinajstić information content (AvgIpc) is 2.74. The summed E-state index contributed by atoms with van der Waals surface area (Å²) >= 11 is 0. The second-order valence-corrected chi connectivity index (χ2v) is 9.30. The zero-order valence-corrected chi connectivity index (χ0v) is 17.1. The minimum absolute atomic E-state index is 0.0340. The zero-order chi connectivity index (χ0) is 20.0. The Bertz CT molecular complexity index is 869. The van der Waals surface area contributed by atoms with E-state index in [4.69, 9.17) is 0 Å². The summed E-state index contributed by atoms with van der Waals surface area (Å²) in [5.74, 6) is 0.435. The lowest BCUT2D eigenvalue weighted by atomic mass is 9.82. The molecule has 0 spiro atoms. The molecule has 2 aromatic rings. The van der Waals surface area contributed by atoms with Gasteiger partial charge in [-0.3, -0.25) is 4.79 Å². The molecule has 0 aliphatic carbocycles. The first-order valence-electron chi connectivity index (χ1n) is 9.86. The van der Waals surface area contributed by atoms with Crippen molar-refractivity contribution >= 4 is 15.9 Å². The van der Waals surface area contributed by atoms with Gasteiger partial charge in [0.05, 0.1) is 4.90 Å². The number of carbonyl (C=O) groups is 1. The summed E-state index contributed by atoms with van der Waals surface area (Å²) in [6.45, 7) is 3.53. The second kappa shape index (κ2) is 9.34. The fourth-order valence-electron chi connectivity index (χ4n) is 3.85. The molecule has 1 saturated heterocycles. The van der Waals surface area contributed by atoms with Crippen molar-refractivity contribution < 1.29 is 13.2 Å². The molecule has 1 heterocycles. The highest BCUT2D eigenvalue weighted by atomic mass is 32.2. The van der Waals surface area contributed by atoms with Crippen LogP contribution in [-0.4, -0.2) is 31.7 Å². The maximum absolute atomic E-state index is 12.9. The van der Waals surface area contributed by atoms with Crippen LogP contribution < -0.4 is 5.32 Å². The van der Waals surface area contributed by atoms with Crippen LogP contribution in [-0.2, 0) is 21.4 Å². The molecular formula is C22H28N2O3S. The molecule has 0 bridgehead atoms. The van der Waals surface area contributed by atoms with E-state index in [1.165, 1.54) is 0 Å². The average molecular weight is 401 g/mol. The molecule has 1 N–H and O–H groups in total. The van der Waals surface area contributed by atoms with Crippen LogP contribution in [0.5, 0.6) is 0 Å². The Morgan fingerprint density at radius 1 is 1.04 bits per heavy atom. The van der Waals surface area contributed by atoms with Gasteiger partial charge in [-0.1, -0.05) is 61.9 Å². The molecule has 150 valence electrons. The van der Waals surface area contributed by atoms with Crippen LogP contribution in [0.2, 0.25) is 0 Å². The number of piperidine rings is 1. The quantitative estimate of drug-likeness (QED) is 0.774. The van der Waals surface area contributed by atoms with Gasteiger partial charge in [0.25, 0.3) is 0 Å². The van der Waals surface area contributed by atoms with Crippen molar-refractivity contribution in [2.24, 2.45) is 11.8 Å². The zero-order valence-electron chi connectivity index (χ0n) is 16.3. The lowest BCUT2D eigenvalue weighted by Crippen LogP contribution is -2.44. The van der Waals surface area contributed by atoms with Gasteiger partial charge in [0.1, 0.15) is 0 Å². The predicted octanol–water partition coefficient (Wildman–Crippen LogP) is 3.43. The Morgan fingerprint density at radius 3 is 2.32 bits per heavy atom. The molecule has 1 fully saturated rings. The first kappa shape index (κ1) is 20.6. The van der Waals surface area contributed by atoms with Crippen LogP contribution in [0.15, 0.2) is 65.6 Å². The monoisotopic (exact) mass is 400 g/mol. The number of nitrogens with one attached hydrogen (secondary N) is 1. The van der Waals surface area contributed by atoms with Gasteiger partial charge in [0, 0.05) is 26.1 Å². The number of sulfonamides is 1. The van der Waals surface area contributed by atoms with E-state index in [1.54, 1.807) is 28.6 Å². The fraction of sp³-hybridized carbons (Fsp3) is 0.409. The van der Waals surface area contributed by atoms with E-state index in [0.717, 1.165) is 12.0 Å². The topological polar surface area (TPSA) is 66.5 Å². The Balaban J connectivity index is 1.58. The maximum atomic E-state index is 12.9. The molecule has 2 aromatic carbocycles. The van der Waals surface area contributed by atoms with Crippen molar-refractivity contribution in [3.05, 3.63) is 66.2 Å². The summed E-state index contributed by atoms with van der Waals surface area (Å²) in [6.07, 6.45) is 2.02. The van der Waals surface area contributed by atoms with Gasteiger partial charge in [0.2, 0.25) is 15.9 Å². The summed E-state index contributed by atoms with van der Waals surface area (Å²) in [6, 6.07) is 18.4. The molecule has 1 aliphatic heterocycles. The summed E-state index contributed by atoms with van der Waals surface area (Å²) in [7, 11) is -3.47. The van der Waals surface area contributed by atoms with E-state index in [1.807, 2.05) is 36.4 Å². The normalized spacial score (nSPS) is 20.6. The fourth-order valence-corrected chi connectivity index (χ4v) is 5.38. The van der Waals surface area contributed by atoms with Crippen molar-refractivity contribution in [3.63, 3.8) is 0 Å². The third-order valence-corrected chi connectivity index (χ3v) is 7.42. The molecule has 2 unspecified atom stereocenters. The number of hydrogen-bond donors (Lipinski definition) is 1. The third-order valence-electron chi connectivity index (χ3n) is 5.54. The van der Waals surface area contributed by atoms with Crippen LogP contribution in [0.25, 0.3) is 0 Å². The minimum atomic E-state index is -3.47. The van der Waals surface area contributed by atoms with E-state index >= 15 is 0 Å². The highest BCUT2D eigenvalue weighted by Gasteiger charge is 2.35. The van der Waals surface area contributed by atoms with Crippen LogP contribution in [0.4, 0.5) is 0 Å². The lowest BCUT2D eigenvalue weighted by molar-refractivity contribution is -0.122. The van der Waals surface area contributed by atoms with E-state index < -0.39 is 10.0 Å². The van der Waals surface area contributed by atoms with Gasteiger partial charge in [0.15, 0.2) is 0 Å². The van der Waals surface area contributed by atoms with Gasteiger partial charge >= 0.3 is 0 Å². The molecule has 1 aliphatic rings. The molecule has 3 rings (SSSR count). The Kier molecular flexibility index (Phi) is 6.86. The molecule has 28 heavy (non-hydrogen) atoms. The second-order valence-electron chi connectivity index (χ2n) is 7.36. The van der Waals surface area contributed by atoms with Crippen LogP contribution in [0.1, 0.15) is 31.7 Å². The first-order chi connectivity index (χ1) is 13.5. The van der Waals surface area contributed by atoms with Gasteiger partial charge in [-0.2, -0.15) is 4.31 Å². The van der Waals surface area contributed by atoms with Crippen molar-refractivity contribution in [2.75, 3.05) is 13.1 Å². The molecule has 1 amide bonds. The smallest absolute Gasteiger partial charge is 0.243 e. The Labute approximate surface area is 167 Å². The minimum Gasteiger partial charge on any atom is -0.352 e. The predicted molar refractivity (Wildman–Crippen MR) is 110 cm³/mol. The van der Waals surface area contributed by atoms with Gasteiger partial charge in [-0.05, 0) is 36.0 Å². The maximum Gasteiger partial charge on any atom is 0.243 e. The molecule has 6 heteroatoms. The van der Waals surface area contributed by atoms with Crippen molar-refractivity contribution in [1.29, 1.82) is 0 Å². The lowest BCUT2D eigenvalue weighted by Gasteiger charge is -2.37. The van der Waals surface area contributed by atoms with Crippen LogP contribution in [0.3, 0.4) is 0 Å². The van der Waals surface area contributed by atoms with Gasteiger partial charge in [-0.15, -0.1) is 0 Å².